The second kappa shape index (κ2) is 5.16. The molecule has 0 spiro atoms. The zero-order valence-electron chi connectivity index (χ0n) is 10.5. The van der Waals surface area contributed by atoms with E-state index in [1.54, 1.807) is 0 Å². The molecule has 1 heterocycles. The van der Waals surface area contributed by atoms with Crippen LogP contribution in [0.3, 0.4) is 0 Å². The minimum Gasteiger partial charge on any atom is -0.486 e. The molecule has 1 aromatic rings. The summed E-state index contributed by atoms with van der Waals surface area (Å²) in [7, 11) is 0. The van der Waals surface area contributed by atoms with Crippen molar-refractivity contribution in [1.29, 1.82) is 0 Å². The molecule has 3 N–H and O–H groups in total. The Kier molecular flexibility index (Phi) is 3.39. The minimum absolute atomic E-state index is 0.00741. The van der Waals surface area contributed by atoms with Gasteiger partial charge in [0.1, 0.15) is 12.7 Å². The van der Waals surface area contributed by atoms with Gasteiger partial charge in [-0.1, -0.05) is 25.0 Å². The number of fused-ring (bicyclic) bond motifs is 1. The predicted molar refractivity (Wildman–Crippen MR) is 69.4 cm³/mol. The van der Waals surface area contributed by atoms with Gasteiger partial charge in [-0.15, -0.1) is 0 Å². The van der Waals surface area contributed by atoms with E-state index in [1.165, 1.54) is 25.7 Å². The van der Waals surface area contributed by atoms with E-state index in [0.29, 0.717) is 12.5 Å². The highest BCUT2D eigenvalue weighted by Crippen LogP contribution is 2.35. The Morgan fingerprint density at radius 3 is 2.61 bits per heavy atom. The fourth-order valence-corrected chi connectivity index (χ4v) is 3.08. The maximum absolute atomic E-state index is 6.03. The van der Waals surface area contributed by atoms with Crippen LogP contribution < -0.4 is 20.7 Å². The molecule has 0 aromatic heterocycles. The summed E-state index contributed by atoms with van der Waals surface area (Å²) in [6.07, 6.45) is 5.07. The molecule has 0 amide bonds. The fourth-order valence-electron chi connectivity index (χ4n) is 3.08. The molecular formula is C14H20N2O2. The van der Waals surface area contributed by atoms with E-state index in [9.17, 15) is 0 Å². The fraction of sp³-hybridized carbons (Fsp3) is 0.571. The quantitative estimate of drug-likeness (QED) is 0.633. The molecule has 0 saturated heterocycles. The Labute approximate surface area is 107 Å². The zero-order valence-corrected chi connectivity index (χ0v) is 10.5. The standard InChI is InChI=1S/C14H20N2O2/c15-16-14(10-5-1-2-6-10)13-9-17-11-7-3-4-8-12(11)18-13/h3-4,7-8,10,13-14,16H,1-2,5-6,9,15H2. The van der Waals surface area contributed by atoms with Gasteiger partial charge in [0.05, 0.1) is 6.04 Å². The highest BCUT2D eigenvalue weighted by molar-refractivity contribution is 5.40. The molecule has 2 aliphatic rings. The smallest absolute Gasteiger partial charge is 0.161 e. The van der Waals surface area contributed by atoms with Crippen LogP contribution in [0.15, 0.2) is 24.3 Å². The van der Waals surface area contributed by atoms with E-state index in [1.807, 2.05) is 24.3 Å². The first-order chi connectivity index (χ1) is 8.88. The molecule has 2 unspecified atom stereocenters. The van der Waals surface area contributed by atoms with Crippen molar-refractivity contribution in [3.05, 3.63) is 24.3 Å². The topological polar surface area (TPSA) is 56.5 Å². The largest absolute Gasteiger partial charge is 0.486 e. The van der Waals surface area contributed by atoms with Gasteiger partial charge in [-0.3, -0.25) is 11.3 Å². The zero-order chi connectivity index (χ0) is 12.4. The van der Waals surface area contributed by atoms with Gasteiger partial charge >= 0.3 is 0 Å². The maximum Gasteiger partial charge on any atom is 0.161 e. The Morgan fingerprint density at radius 1 is 1.17 bits per heavy atom. The van der Waals surface area contributed by atoms with Gasteiger partial charge in [0.25, 0.3) is 0 Å². The summed E-state index contributed by atoms with van der Waals surface area (Å²) >= 11 is 0. The average Bonchev–Trinajstić information content (AvgIpc) is 2.93. The third-order valence-electron chi connectivity index (χ3n) is 4.03. The number of para-hydroxylation sites is 2. The van der Waals surface area contributed by atoms with Crippen LogP contribution in [0.2, 0.25) is 0 Å². The molecule has 0 radical (unpaired) electrons. The van der Waals surface area contributed by atoms with Gasteiger partial charge in [0.15, 0.2) is 11.5 Å². The Balaban J connectivity index is 1.73. The van der Waals surface area contributed by atoms with Crippen LogP contribution in [0.5, 0.6) is 11.5 Å². The summed E-state index contributed by atoms with van der Waals surface area (Å²) in [5.74, 6) is 7.98. The SMILES string of the molecule is NNC(C1CCCC1)C1COc2ccccc2O1. The van der Waals surface area contributed by atoms with Gasteiger partial charge in [0.2, 0.25) is 0 Å². The normalized spacial score (nSPS) is 25.1. The molecule has 0 bridgehead atoms. The van der Waals surface area contributed by atoms with Crippen LogP contribution in [0, 0.1) is 5.92 Å². The molecule has 18 heavy (non-hydrogen) atoms. The van der Waals surface area contributed by atoms with Crippen LogP contribution in [0.1, 0.15) is 25.7 Å². The van der Waals surface area contributed by atoms with E-state index in [0.717, 1.165) is 11.5 Å². The highest BCUT2D eigenvalue weighted by Gasteiger charge is 2.35. The van der Waals surface area contributed by atoms with Crippen molar-refractivity contribution in [2.45, 2.75) is 37.8 Å². The number of nitrogens with one attached hydrogen (secondary N) is 1. The number of hydrogen-bond acceptors (Lipinski definition) is 4. The molecular weight excluding hydrogens is 228 g/mol. The van der Waals surface area contributed by atoms with E-state index in [2.05, 4.69) is 5.43 Å². The summed E-state index contributed by atoms with van der Waals surface area (Å²) in [4.78, 5) is 0. The highest BCUT2D eigenvalue weighted by atomic mass is 16.6. The van der Waals surface area contributed by atoms with Gasteiger partial charge in [0, 0.05) is 0 Å². The molecule has 4 nitrogen and oxygen atoms in total. The number of rotatable bonds is 3. The summed E-state index contributed by atoms with van der Waals surface area (Å²) in [6, 6.07) is 7.99. The Bertz CT molecular complexity index is 405. The number of benzene rings is 1. The van der Waals surface area contributed by atoms with Crippen molar-refractivity contribution in [3.63, 3.8) is 0 Å². The summed E-state index contributed by atoms with van der Waals surface area (Å²) < 4.78 is 11.8. The van der Waals surface area contributed by atoms with E-state index >= 15 is 0 Å². The number of ether oxygens (including phenoxy) is 2. The molecule has 1 fully saturated rings. The lowest BCUT2D eigenvalue weighted by Crippen LogP contribution is -2.53. The molecule has 1 aromatic carbocycles. The molecule has 1 aliphatic carbocycles. The van der Waals surface area contributed by atoms with Crippen molar-refractivity contribution >= 4 is 0 Å². The second-order valence-corrected chi connectivity index (χ2v) is 5.15. The van der Waals surface area contributed by atoms with Crippen molar-refractivity contribution in [3.8, 4) is 11.5 Å². The third-order valence-corrected chi connectivity index (χ3v) is 4.03. The van der Waals surface area contributed by atoms with Crippen LogP contribution in [-0.2, 0) is 0 Å². The first kappa shape index (κ1) is 11.8. The molecule has 1 saturated carbocycles. The van der Waals surface area contributed by atoms with Crippen LogP contribution in [-0.4, -0.2) is 18.8 Å². The second-order valence-electron chi connectivity index (χ2n) is 5.15. The third kappa shape index (κ3) is 2.18. The first-order valence-electron chi connectivity index (χ1n) is 6.73. The number of hydrazine groups is 1. The van der Waals surface area contributed by atoms with Crippen LogP contribution in [0.25, 0.3) is 0 Å². The van der Waals surface area contributed by atoms with Gasteiger partial charge in [-0.2, -0.15) is 0 Å². The van der Waals surface area contributed by atoms with Gasteiger partial charge in [-0.05, 0) is 30.9 Å². The summed E-state index contributed by atoms with van der Waals surface area (Å²) in [5.41, 5.74) is 2.94. The predicted octanol–water partition coefficient (Wildman–Crippen LogP) is 1.85. The van der Waals surface area contributed by atoms with Gasteiger partial charge in [-0.25, -0.2) is 0 Å². The van der Waals surface area contributed by atoms with Crippen LogP contribution in [0.4, 0.5) is 0 Å². The van der Waals surface area contributed by atoms with E-state index < -0.39 is 0 Å². The molecule has 3 rings (SSSR count). The Hall–Kier alpha value is -1.26. The lowest BCUT2D eigenvalue weighted by atomic mass is 9.94. The number of nitrogens with two attached hydrogens (primary N) is 1. The lowest BCUT2D eigenvalue weighted by Gasteiger charge is -2.34. The molecule has 1 aliphatic heterocycles. The summed E-state index contributed by atoms with van der Waals surface area (Å²) in [5, 5.41) is 0. The maximum atomic E-state index is 6.03. The van der Waals surface area contributed by atoms with E-state index in [-0.39, 0.29) is 12.1 Å². The Morgan fingerprint density at radius 2 is 1.89 bits per heavy atom. The first-order valence-corrected chi connectivity index (χ1v) is 6.73. The van der Waals surface area contributed by atoms with E-state index in [4.69, 9.17) is 15.3 Å². The van der Waals surface area contributed by atoms with Crippen molar-refractivity contribution in [1.82, 2.24) is 5.43 Å². The van der Waals surface area contributed by atoms with Crippen molar-refractivity contribution in [2.24, 2.45) is 11.8 Å². The molecule has 4 heteroatoms. The molecule has 2 atom stereocenters. The van der Waals surface area contributed by atoms with Crippen LogP contribution >= 0.6 is 0 Å². The average molecular weight is 248 g/mol. The molecule has 98 valence electrons. The van der Waals surface area contributed by atoms with Crippen molar-refractivity contribution in [2.75, 3.05) is 6.61 Å². The van der Waals surface area contributed by atoms with Gasteiger partial charge < -0.3 is 9.47 Å². The minimum atomic E-state index is 0.00741. The summed E-state index contributed by atoms with van der Waals surface area (Å²) in [6.45, 7) is 0.572. The van der Waals surface area contributed by atoms with Crippen molar-refractivity contribution < 1.29 is 9.47 Å². The lowest BCUT2D eigenvalue weighted by molar-refractivity contribution is 0.0443. The number of hydrogen-bond donors (Lipinski definition) is 2. The monoisotopic (exact) mass is 248 g/mol.